The van der Waals surface area contributed by atoms with Gasteiger partial charge in [0.15, 0.2) is 0 Å². The number of hydrogen-bond donors (Lipinski definition) is 1. The van der Waals surface area contributed by atoms with Crippen LogP contribution in [0.5, 0.6) is 0 Å². The fourth-order valence-corrected chi connectivity index (χ4v) is 4.99. The van der Waals surface area contributed by atoms with E-state index in [0.29, 0.717) is 12.1 Å². The van der Waals surface area contributed by atoms with E-state index in [0.717, 1.165) is 38.6 Å². The van der Waals surface area contributed by atoms with Gasteiger partial charge in [0.25, 0.3) is 0 Å². The Bertz CT molecular complexity index is 856. The van der Waals surface area contributed by atoms with E-state index in [4.69, 9.17) is 0 Å². The number of sulfonamides is 1. The SMILES string of the molecule is O=S(=O)(CCCc1ccccc1)Nc1ccc(N2CCN(C3CC3)CC2)cc1. The van der Waals surface area contributed by atoms with Crippen LogP contribution in [0.25, 0.3) is 0 Å². The zero-order valence-corrected chi connectivity index (χ0v) is 17.1. The lowest BCUT2D eigenvalue weighted by molar-refractivity contribution is 0.248. The van der Waals surface area contributed by atoms with Crippen molar-refractivity contribution in [1.29, 1.82) is 0 Å². The van der Waals surface area contributed by atoms with Crippen LogP contribution >= 0.6 is 0 Å². The molecule has 0 bridgehead atoms. The minimum absolute atomic E-state index is 0.132. The highest BCUT2D eigenvalue weighted by atomic mass is 32.2. The maximum atomic E-state index is 12.4. The molecule has 1 saturated heterocycles. The van der Waals surface area contributed by atoms with Crippen molar-refractivity contribution in [3.8, 4) is 0 Å². The first kappa shape index (κ1) is 19.3. The Morgan fingerprint density at radius 3 is 2.21 bits per heavy atom. The molecular formula is C22H29N3O2S. The molecule has 1 heterocycles. The molecule has 150 valence electrons. The number of rotatable bonds is 8. The Hall–Kier alpha value is -2.05. The van der Waals surface area contributed by atoms with Crippen molar-refractivity contribution in [1.82, 2.24) is 4.90 Å². The molecule has 2 fully saturated rings. The van der Waals surface area contributed by atoms with Crippen molar-refractivity contribution in [3.63, 3.8) is 0 Å². The van der Waals surface area contributed by atoms with Crippen molar-refractivity contribution < 1.29 is 8.42 Å². The summed E-state index contributed by atoms with van der Waals surface area (Å²) in [6.45, 7) is 4.34. The van der Waals surface area contributed by atoms with Crippen LogP contribution in [0.15, 0.2) is 54.6 Å². The first-order valence-electron chi connectivity index (χ1n) is 10.2. The molecule has 2 aliphatic rings. The van der Waals surface area contributed by atoms with E-state index in [-0.39, 0.29) is 5.75 Å². The Labute approximate surface area is 168 Å². The van der Waals surface area contributed by atoms with E-state index in [1.165, 1.54) is 24.1 Å². The Balaban J connectivity index is 1.26. The van der Waals surface area contributed by atoms with Gasteiger partial charge in [-0.05, 0) is 55.5 Å². The number of hydrogen-bond acceptors (Lipinski definition) is 4. The Kier molecular flexibility index (Phi) is 5.87. The number of aryl methyl sites for hydroxylation is 1. The third-order valence-corrected chi connectivity index (χ3v) is 6.98. The summed E-state index contributed by atoms with van der Waals surface area (Å²) in [4.78, 5) is 4.98. The number of anilines is 2. The molecule has 0 spiro atoms. The third-order valence-electron chi connectivity index (χ3n) is 5.60. The summed E-state index contributed by atoms with van der Waals surface area (Å²) >= 11 is 0. The van der Waals surface area contributed by atoms with Crippen LogP contribution in [0.4, 0.5) is 11.4 Å². The number of nitrogens with one attached hydrogen (secondary N) is 1. The summed E-state index contributed by atoms with van der Waals surface area (Å²) in [5.74, 6) is 0.132. The molecule has 0 atom stereocenters. The molecule has 6 heteroatoms. The average Bonchev–Trinajstić information content (AvgIpc) is 3.55. The van der Waals surface area contributed by atoms with E-state index in [1.54, 1.807) is 0 Å². The zero-order chi connectivity index (χ0) is 19.4. The molecule has 0 aromatic heterocycles. The molecule has 4 rings (SSSR count). The largest absolute Gasteiger partial charge is 0.369 e. The lowest BCUT2D eigenvalue weighted by atomic mass is 10.1. The van der Waals surface area contributed by atoms with Crippen LogP contribution < -0.4 is 9.62 Å². The molecular weight excluding hydrogens is 370 g/mol. The van der Waals surface area contributed by atoms with Crippen molar-refractivity contribution in [2.75, 3.05) is 41.6 Å². The van der Waals surface area contributed by atoms with Gasteiger partial charge in [0, 0.05) is 43.6 Å². The summed E-state index contributed by atoms with van der Waals surface area (Å²) in [6.07, 6.45) is 4.11. The van der Waals surface area contributed by atoms with Gasteiger partial charge in [-0.25, -0.2) is 8.42 Å². The van der Waals surface area contributed by atoms with Crippen LogP contribution in [-0.2, 0) is 16.4 Å². The summed E-state index contributed by atoms with van der Waals surface area (Å²) in [5, 5.41) is 0. The third kappa shape index (κ3) is 5.26. The lowest BCUT2D eigenvalue weighted by Gasteiger charge is -2.36. The molecule has 0 radical (unpaired) electrons. The van der Waals surface area contributed by atoms with Crippen LogP contribution in [0.1, 0.15) is 24.8 Å². The predicted octanol–water partition coefficient (Wildman–Crippen LogP) is 3.35. The molecule has 1 aliphatic heterocycles. The minimum Gasteiger partial charge on any atom is -0.369 e. The van der Waals surface area contributed by atoms with Crippen LogP contribution in [0, 0.1) is 0 Å². The second-order valence-electron chi connectivity index (χ2n) is 7.81. The predicted molar refractivity (Wildman–Crippen MR) is 115 cm³/mol. The molecule has 2 aromatic carbocycles. The van der Waals surface area contributed by atoms with E-state index in [2.05, 4.69) is 14.5 Å². The molecule has 28 heavy (non-hydrogen) atoms. The number of benzene rings is 2. The Morgan fingerprint density at radius 2 is 1.57 bits per heavy atom. The molecule has 1 N–H and O–H groups in total. The smallest absolute Gasteiger partial charge is 0.232 e. The van der Waals surface area contributed by atoms with Crippen molar-refractivity contribution in [2.24, 2.45) is 0 Å². The second-order valence-corrected chi connectivity index (χ2v) is 9.65. The van der Waals surface area contributed by atoms with Gasteiger partial charge in [0.2, 0.25) is 10.0 Å². The highest BCUT2D eigenvalue weighted by Crippen LogP contribution is 2.28. The van der Waals surface area contributed by atoms with Crippen LogP contribution in [0.2, 0.25) is 0 Å². The molecule has 1 aliphatic carbocycles. The standard InChI is InChI=1S/C22H29N3O2S/c26-28(27,18-4-7-19-5-2-1-3-6-19)23-20-8-10-21(11-9-20)24-14-16-25(17-15-24)22-12-13-22/h1-3,5-6,8-11,22-23H,4,7,12-18H2. The van der Waals surface area contributed by atoms with Gasteiger partial charge in [-0.2, -0.15) is 0 Å². The normalized spacial score (nSPS) is 18.2. The van der Waals surface area contributed by atoms with Crippen molar-refractivity contribution in [3.05, 3.63) is 60.2 Å². The Morgan fingerprint density at radius 1 is 0.893 bits per heavy atom. The van der Waals surface area contributed by atoms with E-state index < -0.39 is 10.0 Å². The van der Waals surface area contributed by atoms with Gasteiger partial charge in [0.1, 0.15) is 0 Å². The molecule has 0 unspecified atom stereocenters. The number of nitrogens with zero attached hydrogens (tertiary/aromatic N) is 2. The first-order valence-corrected chi connectivity index (χ1v) is 11.9. The lowest BCUT2D eigenvalue weighted by Crippen LogP contribution is -2.47. The monoisotopic (exact) mass is 399 g/mol. The van der Waals surface area contributed by atoms with E-state index in [1.807, 2.05) is 54.6 Å². The minimum atomic E-state index is -3.32. The average molecular weight is 400 g/mol. The highest BCUT2D eigenvalue weighted by molar-refractivity contribution is 7.92. The molecule has 2 aromatic rings. The van der Waals surface area contributed by atoms with Gasteiger partial charge in [-0.15, -0.1) is 0 Å². The first-order chi connectivity index (χ1) is 13.6. The second kappa shape index (κ2) is 8.53. The quantitative estimate of drug-likeness (QED) is 0.740. The topological polar surface area (TPSA) is 52.7 Å². The fraction of sp³-hybridized carbons (Fsp3) is 0.455. The summed E-state index contributed by atoms with van der Waals surface area (Å²) in [7, 11) is -3.32. The van der Waals surface area contributed by atoms with Crippen molar-refractivity contribution >= 4 is 21.4 Å². The fourth-order valence-electron chi connectivity index (χ4n) is 3.87. The van der Waals surface area contributed by atoms with Crippen LogP contribution in [0.3, 0.4) is 0 Å². The maximum absolute atomic E-state index is 12.4. The van der Waals surface area contributed by atoms with Crippen LogP contribution in [-0.4, -0.2) is 51.3 Å². The van der Waals surface area contributed by atoms with Gasteiger partial charge in [-0.1, -0.05) is 30.3 Å². The zero-order valence-electron chi connectivity index (χ0n) is 16.3. The highest BCUT2D eigenvalue weighted by Gasteiger charge is 2.31. The molecule has 0 amide bonds. The van der Waals surface area contributed by atoms with Gasteiger partial charge >= 0.3 is 0 Å². The number of piperazine rings is 1. The van der Waals surface area contributed by atoms with E-state index >= 15 is 0 Å². The molecule has 5 nitrogen and oxygen atoms in total. The summed E-state index contributed by atoms with van der Waals surface area (Å²) in [5.41, 5.74) is 2.98. The van der Waals surface area contributed by atoms with Gasteiger partial charge < -0.3 is 4.90 Å². The van der Waals surface area contributed by atoms with Crippen molar-refractivity contribution in [2.45, 2.75) is 31.7 Å². The maximum Gasteiger partial charge on any atom is 0.232 e. The van der Waals surface area contributed by atoms with Gasteiger partial charge in [0.05, 0.1) is 5.75 Å². The van der Waals surface area contributed by atoms with Gasteiger partial charge in [-0.3, -0.25) is 9.62 Å². The van der Waals surface area contributed by atoms with E-state index in [9.17, 15) is 8.42 Å². The summed E-state index contributed by atoms with van der Waals surface area (Å²) in [6, 6.07) is 18.6. The summed E-state index contributed by atoms with van der Waals surface area (Å²) < 4.78 is 27.4. The molecule has 1 saturated carbocycles.